The third-order valence-corrected chi connectivity index (χ3v) is 4.17. The predicted octanol–water partition coefficient (Wildman–Crippen LogP) is 2.55. The third-order valence-electron chi connectivity index (χ3n) is 4.17. The maximum atomic E-state index is 12.6. The van der Waals surface area contributed by atoms with Crippen LogP contribution in [-0.4, -0.2) is 35.0 Å². The van der Waals surface area contributed by atoms with Crippen LogP contribution in [0.5, 0.6) is 0 Å². The van der Waals surface area contributed by atoms with Crippen molar-refractivity contribution < 1.29 is 14.7 Å². The van der Waals surface area contributed by atoms with Crippen molar-refractivity contribution in [2.45, 2.75) is 34.1 Å². The molecule has 1 unspecified atom stereocenters. The number of rotatable bonds is 2. The number of hydrogen-bond acceptors (Lipinski definition) is 2. The summed E-state index contributed by atoms with van der Waals surface area (Å²) < 4.78 is 0. The van der Waals surface area contributed by atoms with E-state index < -0.39 is 11.4 Å². The molecule has 1 N–H and O–H groups in total. The molecule has 2 rings (SSSR count). The Morgan fingerprint density at radius 3 is 2.20 bits per heavy atom. The Labute approximate surface area is 119 Å². The van der Waals surface area contributed by atoms with Gasteiger partial charge in [0.2, 0.25) is 0 Å². The molecule has 1 fully saturated rings. The Bertz CT molecular complexity index is 556. The van der Waals surface area contributed by atoms with E-state index in [9.17, 15) is 14.7 Å². The van der Waals surface area contributed by atoms with E-state index >= 15 is 0 Å². The smallest absolute Gasteiger partial charge is 0.311 e. The molecule has 1 amide bonds. The van der Waals surface area contributed by atoms with Crippen molar-refractivity contribution >= 4 is 11.9 Å². The van der Waals surface area contributed by atoms with Crippen LogP contribution in [0.1, 0.15) is 40.4 Å². The van der Waals surface area contributed by atoms with Gasteiger partial charge >= 0.3 is 5.97 Å². The molecule has 1 aliphatic rings. The Hall–Kier alpha value is -1.84. The van der Waals surface area contributed by atoms with Crippen molar-refractivity contribution in [1.82, 2.24) is 4.90 Å². The van der Waals surface area contributed by atoms with Gasteiger partial charge in [-0.3, -0.25) is 9.59 Å². The van der Waals surface area contributed by atoms with E-state index in [2.05, 4.69) is 0 Å². The topological polar surface area (TPSA) is 57.6 Å². The molecule has 0 saturated carbocycles. The lowest BCUT2D eigenvalue weighted by molar-refractivity contribution is -0.147. The summed E-state index contributed by atoms with van der Waals surface area (Å²) in [5.74, 6) is -0.880. The Morgan fingerprint density at radius 2 is 1.75 bits per heavy atom. The first kappa shape index (κ1) is 14.6. The molecule has 20 heavy (non-hydrogen) atoms. The molecule has 0 aromatic heterocycles. The molecule has 108 valence electrons. The average Bonchev–Trinajstić information content (AvgIpc) is 2.72. The number of aliphatic carboxylic acids is 1. The zero-order chi connectivity index (χ0) is 15.1. The molecule has 0 radical (unpaired) electrons. The minimum Gasteiger partial charge on any atom is -0.481 e. The molecule has 1 aliphatic heterocycles. The molecule has 4 nitrogen and oxygen atoms in total. The summed E-state index contributed by atoms with van der Waals surface area (Å²) in [4.78, 5) is 25.6. The van der Waals surface area contributed by atoms with Gasteiger partial charge in [-0.25, -0.2) is 0 Å². The second-order valence-corrected chi connectivity index (χ2v) is 6.12. The van der Waals surface area contributed by atoms with E-state index in [0.717, 1.165) is 16.7 Å². The number of carboxylic acids is 1. The van der Waals surface area contributed by atoms with Crippen LogP contribution in [-0.2, 0) is 4.79 Å². The summed E-state index contributed by atoms with van der Waals surface area (Å²) in [5.41, 5.74) is 2.94. The number of likely N-dealkylation sites (tertiary alicyclic amines) is 1. The Balaban J connectivity index is 2.28. The largest absolute Gasteiger partial charge is 0.481 e. The van der Waals surface area contributed by atoms with Gasteiger partial charge in [0.1, 0.15) is 0 Å². The third kappa shape index (κ3) is 2.42. The van der Waals surface area contributed by atoms with Gasteiger partial charge in [0.25, 0.3) is 5.91 Å². The molecule has 1 atom stereocenters. The zero-order valence-electron chi connectivity index (χ0n) is 12.5. The van der Waals surface area contributed by atoms with Gasteiger partial charge in [0.15, 0.2) is 0 Å². The van der Waals surface area contributed by atoms with E-state index in [0.29, 0.717) is 18.5 Å². The summed E-state index contributed by atoms with van der Waals surface area (Å²) in [6, 6.07) is 3.99. The normalized spacial score (nSPS) is 22.1. The average molecular weight is 275 g/mol. The van der Waals surface area contributed by atoms with Crippen molar-refractivity contribution in [1.29, 1.82) is 0 Å². The van der Waals surface area contributed by atoms with Crippen molar-refractivity contribution in [3.63, 3.8) is 0 Å². The molecular weight excluding hydrogens is 254 g/mol. The second-order valence-electron chi connectivity index (χ2n) is 6.12. The molecule has 4 heteroatoms. The van der Waals surface area contributed by atoms with Crippen LogP contribution in [0.25, 0.3) is 0 Å². The van der Waals surface area contributed by atoms with Gasteiger partial charge in [-0.2, -0.15) is 0 Å². The minimum atomic E-state index is -0.829. The summed E-state index contributed by atoms with van der Waals surface area (Å²) in [5, 5.41) is 9.25. The van der Waals surface area contributed by atoms with E-state index in [1.807, 2.05) is 32.9 Å². The van der Waals surface area contributed by atoms with Crippen LogP contribution >= 0.6 is 0 Å². The van der Waals surface area contributed by atoms with Crippen LogP contribution in [0.15, 0.2) is 12.1 Å². The summed E-state index contributed by atoms with van der Waals surface area (Å²) >= 11 is 0. The quantitative estimate of drug-likeness (QED) is 0.902. The van der Waals surface area contributed by atoms with Crippen LogP contribution < -0.4 is 0 Å². The summed E-state index contributed by atoms with van der Waals surface area (Å²) in [6.45, 7) is 8.37. The maximum Gasteiger partial charge on any atom is 0.311 e. The molecule has 0 spiro atoms. The zero-order valence-corrected chi connectivity index (χ0v) is 12.5. The number of carbonyl (C=O) groups is 2. The van der Waals surface area contributed by atoms with E-state index in [1.54, 1.807) is 11.8 Å². The molecular formula is C16H21NO3. The highest BCUT2D eigenvalue weighted by Crippen LogP contribution is 2.32. The monoisotopic (exact) mass is 275 g/mol. The van der Waals surface area contributed by atoms with Crippen LogP contribution in [0.2, 0.25) is 0 Å². The fourth-order valence-corrected chi connectivity index (χ4v) is 2.98. The number of carbonyl (C=O) groups excluding carboxylic acids is 1. The standard InChI is InChI=1S/C16H21NO3/c1-10-7-11(2)13(12(3)8-10)14(18)17-6-5-16(4,9-17)15(19)20/h7-8H,5-6,9H2,1-4H3,(H,19,20). The second kappa shape index (κ2) is 4.93. The number of aryl methyl sites for hydroxylation is 3. The van der Waals surface area contributed by atoms with Crippen LogP contribution in [0, 0.1) is 26.2 Å². The molecule has 1 saturated heterocycles. The van der Waals surface area contributed by atoms with Gasteiger partial charge in [0, 0.05) is 18.7 Å². The first-order chi connectivity index (χ1) is 9.24. The number of nitrogens with zero attached hydrogens (tertiary/aromatic N) is 1. The first-order valence-corrected chi connectivity index (χ1v) is 6.85. The number of hydrogen-bond donors (Lipinski definition) is 1. The Kier molecular flexibility index (Phi) is 3.59. The highest BCUT2D eigenvalue weighted by Gasteiger charge is 2.42. The number of amides is 1. The van der Waals surface area contributed by atoms with Gasteiger partial charge in [-0.05, 0) is 45.2 Å². The molecule has 0 bridgehead atoms. The number of carboxylic acid groups (broad SMARTS) is 1. The molecule has 1 aromatic carbocycles. The highest BCUT2D eigenvalue weighted by atomic mass is 16.4. The highest BCUT2D eigenvalue weighted by molar-refractivity contribution is 5.97. The fourth-order valence-electron chi connectivity index (χ4n) is 2.98. The van der Waals surface area contributed by atoms with E-state index in [4.69, 9.17) is 0 Å². The number of benzene rings is 1. The lowest BCUT2D eigenvalue weighted by atomic mass is 9.90. The van der Waals surface area contributed by atoms with Gasteiger partial charge in [-0.15, -0.1) is 0 Å². The fraction of sp³-hybridized carbons (Fsp3) is 0.500. The van der Waals surface area contributed by atoms with Crippen molar-refractivity contribution in [2.24, 2.45) is 5.41 Å². The summed E-state index contributed by atoms with van der Waals surface area (Å²) in [7, 11) is 0. The first-order valence-electron chi connectivity index (χ1n) is 6.85. The maximum absolute atomic E-state index is 12.6. The predicted molar refractivity (Wildman–Crippen MR) is 76.9 cm³/mol. The van der Waals surface area contributed by atoms with Crippen molar-refractivity contribution in [3.05, 3.63) is 34.4 Å². The van der Waals surface area contributed by atoms with E-state index in [-0.39, 0.29) is 12.5 Å². The lowest BCUT2D eigenvalue weighted by Crippen LogP contribution is -2.35. The SMILES string of the molecule is Cc1cc(C)c(C(=O)N2CCC(C)(C(=O)O)C2)c(C)c1. The van der Waals surface area contributed by atoms with E-state index in [1.165, 1.54) is 0 Å². The minimum absolute atomic E-state index is 0.0509. The lowest BCUT2D eigenvalue weighted by Gasteiger charge is -2.22. The van der Waals surface area contributed by atoms with Gasteiger partial charge in [0.05, 0.1) is 5.41 Å². The van der Waals surface area contributed by atoms with Crippen LogP contribution in [0.3, 0.4) is 0 Å². The van der Waals surface area contributed by atoms with Crippen molar-refractivity contribution in [2.75, 3.05) is 13.1 Å². The molecule has 1 aromatic rings. The van der Waals surface area contributed by atoms with Gasteiger partial charge in [-0.1, -0.05) is 17.7 Å². The van der Waals surface area contributed by atoms with Gasteiger partial charge < -0.3 is 10.0 Å². The molecule has 1 heterocycles. The molecule has 0 aliphatic carbocycles. The Morgan fingerprint density at radius 1 is 1.20 bits per heavy atom. The summed E-state index contributed by atoms with van der Waals surface area (Å²) in [6.07, 6.45) is 0.512. The van der Waals surface area contributed by atoms with Crippen molar-refractivity contribution in [3.8, 4) is 0 Å². The van der Waals surface area contributed by atoms with Crippen LogP contribution in [0.4, 0.5) is 0 Å².